The number of aromatic nitrogens is 2. The molecule has 1 aromatic heterocycles. The third kappa shape index (κ3) is 4.88. The first kappa shape index (κ1) is 14.4. The van der Waals surface area contributed by atoms with Crippen LogP contribution in [0, 0.1) is 0 Å². The third-order valence-electron chi connectivity index (χ3n) is 3.74. The van der Waals surface area contributed by atoms with Crippen LogP contribution < -0.4 is 5.32 Å². The zero-order valence-electron chi connectivity index (χ0n) is 11.9. The fraction of sp³-hybridized carbons (Fsp3) is 0.733. The molecule has 0 radical (unpaired) electrons. The molecule has 1 fully saturated rings. The van der Waals surface area contributed by atoms with Crippen LogP contribution in [0.5, 0.6) is 0 Å². The molecule has 1 heterocycles. The van der Waals surface area contributed by atoms with Gasteiger partial charge < -0.3 is 10.1 Å². The molecule has 0 amide bonds. The van der Waals surface area contributed by atoms with Gasteiger partial charge in [0.15, 0.2) is 0 Å². The van der Waals surface area contributed by atoms with Gasteiger partial charge in [0.1, 0.15) is 5.82 Å². The van der Waals surface area contributed by atoms with Crippen molar-refractivity contribution >= 4 is 0 Å². The van der Waals surface area contributed by atoms with Gasteiger partial charge in [-0.2, -0.15) is 0 Å². The molecule has 4 heteroatoms. The van der Waals surface area contributed by atoms with Crippen molar-refractivity contribution in [3.8, 4) is 0 Å². The van der Waals surface area contributed by atoms with Crippen molar-refractivity contribution in [3.63, 3.8) is 0 Å². The Hall–Kier alpha value is -1.00. The first-order valence-electron chi connectivity index (χ1n) is 7.41. The van der Waals surface area contributed by atoms with Gasteiger partial charge in [-0.25, -0.2) is 9.97 Å². The summed E-state index contributed by atoms with van der Waals surface area (Å²) in [5.74, 6) is 1.62. The summed E-state index contributed by atoms with van der Waals surface area (Å²) in [6.07, 6.45) is 9.79. The van der Waals surface area contributed by atoms with E-state index in [0.29, 0.717) is 5.92 Å². The van der Waals surface area contributed by atoms with Crippen LogP contribution in [0.15, 0.2) is 12.3 Å². The standard InChI is InChI=1S/C15H25N3O/c1-19-11-10-16-12-14-8-9-17-15(18-14)13-6-4-2-3-5-7-13/h8-9,13,16H,2-7,10-12H2,1H3. The Bertz CT molecular complexity index is 362. The number of nitrogens with zero attached hydrogens (tertiary/aromatic N) is 2. The molecule has 1 N–H and O–H groups in total. The molecule has 1 aliphatic carbocycles. The smallest absolute Gasteiger partial charge is 0.131 e. The minimum absolute atomic E-state index is 0.571. The fourth-order valence-corrected chi connectivity index (χ4v) is 2.64. The van der Waals surface area contributed by atoms with E-state index < -0.39 is 0 Å². The van der Waals surface area contributed by atoms with Crippen LogP contribution in [0.2, 0.25) is 0 Å². The highest BCUT2D eigenvalue weighted by Gasteiger charge is 2.16. The molecule has 0 spiro atoms. The first-order valence-corrected chi connectivity index (χ1v) is 7.41. The maximum atomic E-state index is 5.02. The first-order chi connectivity index (χ1) is 9.40. The van der Waals surface area contributed by atoms with E-state index in [2.05, 4.69) is 10.3 Å². The topological polar surface area (TPSA) is 47.0 Å². The van der Waals surface area contributed by atoms with Crippen molar-refractivity contribution in [2.24, 2.45) is 0 Å². The maximum absolute atomic E-state index is 5.02. The number of methoxy groups -OCH3 is 1. The Morgan fingerprint density at radius 3 is 2.79 bits per heavy atom. The molecular weight excluding hydrogens is 238 g/mol. The lowest BCUT2D eigenvalue weighted by atomic mass is 9.99. The molecule has 106 valence electrons. The highest BCUT2D eigenvalue weighted by Crippen LogP contribution is 2.29. The van der Waals surface area contributed by atoms with E-state index in [1.165, 1.54) is 38.5 Å². The Balaban J connectivity index is 1.90. The van der Waals surface area contributed by atoms with Crippen molar-refractivity contribution in [2.45, 2.75) is 51.0 Å². The van der Waals surface area contributed by atoms with Crippen LogP contribution in [0.25, 0.3) is 0 Å². The zero-order chi connectivity index (χ0) is 13.3. The number of hydrogen-bond donors (Lipinski definition) is 1. The lowest BCUT2D eigenvalue weighted by Crippen LogP contribution is -2.19. The van der Waals surface area contributed by atoms with Gasteiger partial charge in [0.05, 0.1) is 12.3 Å². The van der Waals surface area contributed by atoms with Crippen LogP contribution in [0.3, 0.4) is 0 Å². The highest BCUT2D eigenvalue weighted by atomic mass is 16.5. The predicted molar refractivity (Wildman–Crippen MR) is 76.1 cm³/mol. The van der Waals surface area contributed by atoms with E-state index in [1.807, 2.05) is 12.3 Å². The summed E-state index contributed by atoms with van der Waals surface area (Å²) in [6.45, 7) is 2.39. The van der Waals surface area contributed by atoms with Gasteiger partial charge in [0.25, 0.3) is 0 Å². The second-order valence-corrected chi connectivity index (χ2v) is 5.26. The number of hydrogen-bond acceptors (Lipinski definition) is 4. The van der Waals surface area contributed by atoms with E-state index in [-0.39, 0.29) is 0 Å². The highest BCUT2D eigenvalue weighted by molar-refractivity contribution is 5.06. The second kappa shape index (κ2) is 8.23. The molecule has 0 unspecified atom stereocenters. The van der Waals surface area contributed by atoms with Crippen molar-refractivity contribution < 1.29 is 4.74 Å². The maximum Gasteiger partial charge on any atom is 0.131 e. The summed E-state index contributed by atoms with van der Waals surface area (Å²) in [6, 6.07) is 2.00. The molecule has 1 aromatic rings. The summed E-state index contributed by atoms with van der Waals surface area (Å²) in [5.41, 5.74) is 1.09. The third-order valence-corrected chi connectivity index (χ3v) is 3.74. The van der Waals surface area contributed by atoms with Crippen LogP contribution >= 0.6 is 0 Å². The molecule has 0 aliphatic heterocycles. The molecule has 0 atom stereocenters. The lowest BCUT2D eigenvalue weighted by molar-refractivity contribution is 0.199. The SMILES string of the molecule is COCCNCc1ccnc(C2CCCCCC2)n1. The van der Waals surface area contributed by atoms with Gasteiger partial charge in [-0.05, 0) is 18.9 Å². The van der Waals surface area contributed by atoms with Crippen LogP contribution in [0.1, 0.15) is 56.0 Å². The van der Waals surface area contributed by atoms with Gasteiger partial charge in [0.2, 0.25) is 0 Å². The van der Waals surface area contributed by atoms with E-state index in [0.717, 1.165) is 31.2 Å². The van der Waals surface area contributed by atoms with Crippen molar-refractivity contribution in [1.29, 1.82) is 0 Å². The van der Waals surface area contributed by atoms with Crippen LogP contribution in [-0.2, 0) is 11.3 Å². The van der Waals surface area contributed by atoms with Crippen LogP contribution in [0.4, 0.5) is 0 Å². The summed E-state index contributed by atoms with van der Waals surface area (Å²) >= 11 is 0. The van der Waals surface area contributed by atoms with Crippen LogP contribution in [-0.4, -0.2) is 30.2 Å². The Morgan fingerprint density at radius 1 is 1.26 bits per heavy atom. The monoisotopic (exact) mass is 263 g/mol. The molecule has 1 saturated carbocycles. The predicted octanol–water partition coefficient (Wildman–Crippen LogP) is 2.65. The van der Waals surface area contributed by atoms with Gasteiger partial charge in [0, 0.05) is 32.3 Å². The average Bonchev–Trinajstić information content (AvgIpc) is 2.73. The molecule has 0 bridgehead atoms. The number of ether oxygens (including phenoxy) is 1. The summed E-state index contributed by atoms with van der Waals surface area (Å²) in [5, 5.41) is 3.33. The van der Waals surface area contributed by atoms with E-state index in [1.54, 1.807) is 7.11 Å². The summed E-state index contributed by atoms with van der Waals surface area (Å²) < 4.78 is 5.02. The molecule has 0 aromatic carbocycles. The lowest BCUT2D eigenvalue weighted by Gasteiger charge is -2.13. The van der Waals surface area contributed by atoms with Crippen molar-refractivity contribution in [2.75, 3.05) is 20.3 Å². The summed E-state index contributed by atoms with van der Waals surface area (Å²) in [4.78, 5) is 9.21. The molecular formula is C15H25N3O. The molecule has 1 aliphatic rings. The van der Waals surface area contributed by atoms with Crippen molar-refractivity contribution in [3.05, 3.63) is 23.8 Å². The normalized spacial score (nSPS) is 17.3. The van der Waals surface area contributed by atoms with Gasteiger partial charge in [-0.3, -0.25) is 0 Å². The largest absolute Gasteiger partial charge is 0.383 e. The Morgan fingerprint density at radius 2 is 2.05 bits per heavy atom. The van der Waals surface area contributed by atoms with Gasteiger partial charge in [-0.1, -0.05) is 25.7 Å². The molecule has 0 saturated heterocycles. The van der Waals surface area contributed by atoms with E-state index >= 15 is 0 Å². The van der Waals surface area contributed by atoms with E-state index in [9.17, 15) is 0 Å². The minimum Gasteiger partial charge on any atom is -0.383 e. The molecule has 2 rings (SSSR count). The van der Waals surface area contributed by atoms with Gasteiger partial charge in [-0.15, -0.1) is 0 Å². The fourth-order valence-electron chi connectivity index (χ4n) is 2.64. The zero-order valence-corrected chi connectivity index (χ0v) is 11.9. The average molecular weight is 263 g/mol. The quantitative estimate of drug-likeness (QED) is 0.633. The number of nitrogens with one attached hydrogen (secondary N) is 1. The Labute approximate surface area is 116 Å². The van der Waals surface area contributed by atoms with Gasteiger partial charge >= 0.3 is 0 Å². The Kier molecular flexibility index (Phi) is 6.24. The molecule has 19 heavy (non-hydrogen) atoms. The number of rotatable bonds is 6. The second-order valence-electron chi connectivity index (χ2n) is 5.26. The summed E-state index contributed by atoms with van der Waals surface area (Å²) in [7, 11) is 1.72. The minimum atomic E-state index is 0.571. The van der Waals surface area contributed by atoms with Crippen molar-refractivity contribution in [1.82, 2.24) is 15.3 Å². The molecule has 4 nitrogen and oxygen atoms in total. The van der Waals surface area contributed by atoms with E-state index in [4.69, 9.17) is 9.72 Å².